The van der Waals surface area contributed by atoms with Gasteiger partial charge < -0.3 is 0 Å². The van der Waals surface area contributed by atoms with E-state index in [1.807, 2.05) is 0 Å². The molecule has 33 heavy (non-hydrogen) atoms. The molecular weight excluding hydrogens is 452 g/mol. The van der Waals surface area contributed by atoms with E-state index in [0.29, 0.717) is 40.3 Å². The fraction of sp³-hybridized carbons (Fsp3) is 0.440. The molecule has 2 amide bonds. The summed E-state index contributed by atoms with van der Waals surface area (Å²) in [5, 5.41) is 2.26. The number of carbonyl (C=O) groups is 2. The highest BCUT2D eigenvalue weighted by atomic mass is 32.1. The van der Waals surface area contributed by atoms with Gasteiger partial charge in [-0.3, -0.25) is 9.59 Å². The largest absolute Gasteiger partial charge is 0.275 e. The van der Waals surface area contributed by atoms with Gasteiger partial charge in [0.2, 0.25) is 0 Å². The lowest BCUT2D eigenvalue weighted by molar-refractivity contribution is -0.124. The summed E-state index contributed by atoms with van der Waals surface area (Å²) in [6, 6.07) is 4.14. The Hall–Kier alpha value is -2.26. The van der Waals surface area contributed by atoms with Crippen LogP contribution in [0.2, 0.25) is 0 Å². The molecule has 0 aliphatic carbocycles. The fourth-order valence-corrected chi connectivity index (χ4v) is 7.26. The molecule has 0 saturated heterocycles. The van der Waals surface area contributed by atoms with Crippen LogP contribution in [0.1, 0.15) is 96.9 Å². The van der Waals surface area contributed by atoms with Crippen molar-refractivity contribution in [3.05, 3.63) is 53.9 Å². The predicted octanol–water partition coefficient (Wildman–Crippen LogP) is 5.30. The van der Waals surface area contributed by atoms with Gasteiger partial charge in [-0.2, -0.15) is 0 Å². The number of hydrazine groups is 2. The molecule has 0 spiro atoms. The van der Waals surface area contributed by atoms with Crippen LogP contribution in [0.5, 0.6) is 0 Å². The lowest BCUT2D eigenvalue weighted by atomic mass is 9.98. The van der Waals surface area contributed by atoms with Crippen LogP contribution in [0, 0.1) is 0 Å². The van der Waals surface area contributed by atoms with E-state index in [1.54, 1.807) is 22.7 Å². The summed E-state index contributed by atoms with van der Waals surface area (Å²) >= 11 is 3.19. The van der Waals surface area contributed by atoms with E-state index < -0.39 is 0 Å². The van der Waals surface area contributed by atoms with E-state index in [9.17, 15) is 9.59 Å². The summed E-state index contributed by atoms with van der Waals surface area (Å²) in [6.07, 6.45) is 0.884. The second-order valence-corrected chi connectivity index (χ2v) is 11.8. The molecular formula is C25H32N4O2S2. The molecule has 4 N–H and O–H groups in total. The molecule has 2 aromatic heterocycles. The van der Waals surface area contributed by atoms with Crippen LogP contribution in [0.3, 0.4) is 0 Å². The quantitative estimate of drug-likeness (QED) is 0.430. The topological polar surface area (TPSA) is 92.7 Å². The zero-order valence-corrected chi connectivity index (χ0v) is 21.9. The molecule has 4 rings (SSSR count). The second-order valence-electron chi connectivity index (χ2n) is 9.53. The highest BCUT2D eigenvalue weighted by Crippen LogP contribution is 2.48. The van der Waals surface area contributed by atoms with Crippen molar-refractivity contribution in [2.75, 3.05) is 0 Å². The lowest BCUT2D eigenvalue weighted by Gasteiger charge is -2.17. The Kier molecular flexibility index (Phi) is 6.16. The Morgan fingerprint density at radius 3 is 1.58 bits per heavy atom. The van der Waals surface area contributed by atoms with Gasteiger partial charge >= 0.3 is 0 Å². The first-order valence-corrected chi connectivity index (χ1v) is 13.1. The minimum absolute atomic E-state index is 0.310. The average molecular weight is 485 g/mol. The van der Waals surface area contributed by atoms with Crippen LogP contribution < -0.4 is 11.7 Å². The number of thiophene rings is 2. The molecule has 6 nitrogen and oxygen atoms in total. The maximum Gasteiger partial charge on any atom is 0.275 e. The van der Waals surface area contributed by atoms with Gasteiger partial charge in [-0.05, 0) is 47.4 Å². The minimum Gasteiger partial charge on any atom is -0.267 e. The van der Waals surface area contributed by atoms with E-state index in [2.05, 4.69) is 60.6 Å². The third-order valence-corrected chi connectivity index (χ3v) is 9.02. The van der Waals surface area contributed by atoms with Crippen LogP contribution in [0.4, 0.5) is 0 Å². The molecule has 0 aromatic carbocycles. The lowest BCUT2D eigenvalue weighted by Crippen LogP contribution is -2.36. The third kappa shape index (κ3) is 3.60. The number of rotatable bonds is 6. The van der Waals surface area contributed by atoms with Crippen molar-refractivity contribution in [1.82, 2.24) is 10.0 Å². The fourth-order valence-electron chi connectivity index (χ4n) is 4.58. The van der Waals surface area contributed by atoms with E-state index >= 15 is 0 Å². The number of hydrogen-bond donors (Lipinski definition) is 2. The molecule has 0 unspecified atom stereocenters. The molecule has 176 valence electrons. The summed E-state index contributed by atoms with van der Waals surface area (Å²) in [5.74, 6) is 12.8. The smallest absolute Gasteiger partial charge is 0.267 e. The number of fused-ring (bicyclic) bond motifs is 1. The van der Waals surface area contributed by atoms with Crippen molar-refractivity contribution in [3.63, 3.8) is 0 Å². The molecule has 2 aromatic rings. The summed E-state index contributed by atoms with van der Waals surface area (Å²) in [4.78, 5) is 30.9. The van der Waals surface area contributed by atoms with Crippen LogP contribution >= 0.6 is 22.7 Å². The minimum atomic E-state index is -0.389. The molecule has 2 aliphatic rings. The SMILES string of the molecule is CCc1sc(C2=C3C(=O)N(N)C(c4cc(C(C)C)c(C(C)C)s4)=C3C(=O)N2N)cc1C(C)C. The summed E-state index contributed by atoms with van der Waals surface area (Å²) < 4.78 is 0. The van der Waals surface area contributed by atoms with Gasteiger partial charge in [0.25, 0.3) is 11.8 Å². The highest BCUT2D eigenvalue weighted by molar-refractivity contribution is 7.13. The number of nitrogens with zero attached hydrogens (tertiary/aromatic N) is 2. The number of aryl methyl sites for hydroxylation is 1. The van der Waals surface area contributed by atoms with Crippen LogP contribution in [-0.2, 0) is 16.0 Å². The third-order valence-electron chi connectivity index (χ3n) is 6.26. The monoisotopic (exact) mass is 484 g/mol. The Morgan fingerprint density at radius 2 is 1.21 bits per heavy atom. The van der Waals surface area contributed by atoms with Gasteiger partial charge in [-0.25, -0.2) is 21.7 Å². The van der Waals surface area contributed by atoms with Gasteiger partial charge in [0, 0.05) is 9.75 Å². The van der Waals surface area contributed by atoms with Gasteiger partial charge in [0.1, 0.15) is 0 Å². The van der Waals surface area contributed by atoms with E-state index in [0.717, 1.165) is 26.2 Å². The standard InChI is InChI=1S/C25H32N4O2S2/c1-8-16-14(11(2)3)9-17(32-16)21-19-20(25(31)28(21)26)22(29(27)24(19)30)18-10-15(12(4)5)23(33-18)13(6)7/h9-13H,8,26-27H2,1-7H3. The van der Waals surface area contributed by atoms with Gasteiger partial charge in [0.15, 0.2) is 0 Å². The Morgan fingerprint density at radius 1 is 0.758 bits per heavy atom. The van der Waals surface area contributed by atoms with Crippen molar-refractivity contribution in [2.24, 2.45) is 11.7 Å². The Balaban J connectivity index is 1.95. The zero-order chi connectivity index (χ0) is 24.4. The van der Waals surface area contributed by atoms with Crippen LogP contribution in [-0.4, -0.2) is 21.8 Å². The highest BCUT2D eigenvalue weighted by Gasteiger charge is 2.48. The van der Waals surface area contributed by atoms with Gasteiger partial charge in [0.05, 0.1) is 32.3 Å². The van der Waals surface area contributed by atoms with Crippen molar-refractivity contribution < 1.29 is 9.59 Å². The number of carbonyl (C=O) groups excluding carboxylic acids is 2. The molecule has 0 radical (unpaired) electrons. The molecule has 0 atom stereocenters. The van der Waals surface area contributed by atoms with Gasteiger partial charge in [-0.15, -0.1) is 22.7 Å². The summed E-state index contributed by atoms with van der Waals surface area (Å²) in [5.41, 5.74) is 3.98. The molecule has 0 bridgehead atoms. The molecule has 2 aliphatic heterocycles. The first kappa shape index (κ1) is 23.9. The maximum absolute atomic E-state index is 13.4. The van der Waals surface area contributed by atoms with Crippen LogP contribution in [0.25, 0.3) is 11.4 Å². The molecule has 8 heteroatoms. The number of amides is 2. The first-order chi connectivity index (χ1) is 15.5. The number of nitrogens with two attached hydrogens (primary N) is 2. The van der Waals surface area contributed by atoms with Crippen LogP contribution in [0.15, 0.2) is 23.3 Å². The van der Waals surface area contributed by atoms with E-state index in [-0.39, 0.29) is 11.8 Å². The number of hydrogen-bond acceptors (Lipinski definition) is 6. The Labute approximate surface area is 203 Å². The normalized spacial score (nSPS) is 16.7. The van der Waals surface area contributed by atoms with E-state index in [1.165, 1.54) is 20.9 Å². The molecule has 4 heterocycles. The van der Waals surface area contributed by atoms with Crippen molar-refractivity contribution in [2.45, 2.75) is 72.6 Å². The molecule has 0 fully saturated rings. The van der Waals surface area contributed by atoms with Crippen molar-refractivity contribution >= 4 is 45.9 Å². The second kappa shape index (κ2) is 8.51. The summed E-state index contributed by atoms with van der Waals surface area (Å²) in [7, 11) is 0. The first-order valence-electron chi connectivity index (χ1n) is 11.4. The predicted molar refractivity (Wildman–Crippen MR) is 136 cm³/mol. The summed E-state index contributed by atoms with van der Waals surface area (Å²) in [6.45, 7) is 15.0. The zero-order valence-electron chi connectivity index (χ0n) is 20.3. The van der Waals surface area contributed by atoms with Crippen molar-refractivity contribution in [3.8, 4) is 0 Å². The van der Waals surface area contributed by atoms with Gasteiger partial charge in [-0.1, -0.05) is 48.5 Å². The van der Waals surface area contributed by atoms with E-state index in [4.69, 9.17) is 11.7 Å². The van der Waals surface area contributed by atoms with Crippen molar-refractivity contribution in [1.29, 1.82) is 0 Å². The molecule has 0 saturated carbocycles. The average Bonchev–Trinajstić information content (AvgIpc) is 3.48. The Bertz CT molecular complexity index is 1190. The maximum atomic E-state index is 13.4.